The van der Waals surface area contributed by atoms with E-state index in [1.165, 1.54) is 7.11 Å². The van der Waals surface area contributed by atoms with Gasteiger partial charge in [0.2, 0.25) is 5.95 Å². The Hall–Kier alpha value is -1.96. The number of nitrogens with one attached hydrogen (secondary N) is 1. The van der Waals surface area contributed by atoms with Crippen molar-refractivity contribution in [2.75, 3.05) is 32.7 Å². The summed E-state index contributed by atoms with van der Waals surface area (Å²) >= 11 is 0. The third-order valence-electron chi connectivity index (χ3n) is 1.68. The fourth-order valence-corrected chi connectivity index (χ4v) is 0.933. The average Bonchev–Trinajstić information content (AvgIpc) is 2.29. The van der Waals surface area contributed by atoms with Gasteiger partial charge in [0.1, 0.15) is 12.8 Å². The number of aromatic nitrogens is 2. The Kier molecular flexibility index (Phi) is 4.40. The molecule has 0 amide bonds. The summed E-state index contributed by atoms with van der Waals surface area (Å²) in [6, 6.07) is 0. The van der Waals surface area contributed by atoms with Crippen molar-refractivity contribution in [1.29, 1.82) is 0 Å². The Morgan fingerprint density at radius 1 is 1.56 bits per heavy atom. The predicted octanol–water partition coefficient (Wildman–Crippen LogP) is 0.452. The Morgan fingerprint density at radius 2 is 2.31 bits per heavy atom. The summed E-state index contributed by atoms with van der Waals surface area (Å²) in [6.07, 6.45) is 1.10. The largest absolute Gasteiger partial charge is 0.470 e. The summed E-state index contributed by atoms with van der Waals surface area (Å²) in [4.78, 5) is 17.6. The second-order valence-electron chi connectivity index (χ2n) is 2.73. The average molecular weight is 228 g/mol. The molecule has 0 aliphatic heterocycles. The van der Waals surface area contributed by atoms with Crippen LogP contribution in [0.2, 0.25) is 0 Å². The molecule has 0 aliphatic rings. The van der Waals surface area contributed by atoms with Crippen molar-refractivity contribution in [3.05, 3.63) is 16.3 Å². The van der Waals surface area contributed by atoms with Crippen molar-refractivity contribution >= 4 is 11.6 Å². The van der Waals surface area contributed by atoms with Crippen LogP contribution in [0.15, 0.2) is 6.20 Å². The molecule has 1 aromatic rings. The maximum atomic E-state index is 10.6. The number of methoxy groups -OCH3 is 1. The number of hydrogen-bond acceptors (Lipinski definition) is 7. The van der Waals surface area contributed by atoms with Gasteiger partial charge < -0.3 is 14.8 Å². The molecule has 0 aromatic carbocycles. The Bertz CT molecular complexity index is 371. The first-order valence-corrected chi connectivity index (χ1v) is 4.50. The highest BCUT2D eigenvalue weighted by Gasteiger charge is 2.18. The van der Waals surface area contributed by atoms with Crippen LogP contribution >= 0.6 is 0 Å². The van der Waals surface area contributed by atoms with E-state index in [-0.39, 0.29) is 24.1 Å². The van der Waals surface area contributed by atoms with Gasteiger partial charge in [0.25, 0.3) is 5.88 Å². The second-order valence-corrected chi connectivity index (χ2v) is 2.73. The first-order valence-electron chi connectivity index (χ1n) is 4.50. The van der Waals surface area contributed by atoms with Crippen LogP contribution in [0.4, 0.5) is 11.6 Å². The zero-order chi connectivity index (χ0) is 12.0. The molecule has 0 saturated heterocycles. The van der Waals surface area contributed by atoms with Crippen LogP contribution in [-0.4, -0.2) is 42.3 Å². The molecule has 1 rings (SSSR count). The number of rotatable bonds is 6. The topological polar surface area (TPSA) is 99.4 Å². The van der Waals surface area contributed by atoms with Crippen LogP contribution in [0.5, 0.6) is 5.88 Å². The number of nitro groups is 1. The van der Waals surface area contributed by atoms with Crippen molar-refractivity contribution < 1.29 is 14.4 Å². The molecule has 1 heterocycles. The molecule has 0 spiro atoms. The van der Waals surface area contributed by atoms with Crippen LogP contribution in [0, 0.1) is 10.1 Å². The Labute approximate surface area is 91.8 Å². The van der Waals surface area contributed by atoms with Crippen molar-refractivity contribution in [1.82, 2.24) is 9.97 Å². The molecule has 1 N–H and O–H groups in total. The van der Waals surface area contributed by atoms with E-state index in [0.29, 0.717) is 6.61 Å². The van der Waals surface area contributed by atoms with Gasteiger partial charge >= 0.3 is 5.69 Å². The van der Waals surface area contributed by atoms with E-state index in [9.17, 15) is 10.1 Å². The molecular weight excluding hydrogens is 216 g/mol. The first-order chi connectivity index (χ1) is 7.69. The van der Waals surface area contributed by atoms with E-state index in [1.807, 2.05) is 0 Å². The molecule has 0 saturated carbocycles. The fraction of sp³-hybridized carbons (Fsp3) is 0.500. The number of anilines is 1. The van der Waals surface area contributed by atoms with Gasteiger partial charge in [-0.2, -0.15) is 4.98 Å². The van der Waals surface area contributed by atoms with Gasteiger partial charge in [-0.25, -0.2) is 4.98 Å². The molecule has 1 aromatic heterocycles. The second kappa shape index (κ2) is 5.81. The zero-order valence-corrected chi connectivity index (χ0v) is 8.97. The summed E-state index contributed by atoms with van der Waals surface area (Å²) in [5.41, 5.74) is -0.268. The van der Waals surface area contributed by atoms with Crippen LogP contribution in [0.3, 0.4) is 0 Å². The maximum Gasteiger partial charge on any atom is 0.349 e. The highest BCUT2D eigenvalue weighted by molar-refractivity contribution is 5.42. The minimum Gasteiger partial charge on any atom is -0.470 e. The van der Waals surface area contributed by atoms with Crippen molar-refractivity contribution in [2.24, 2.45) is 0 Å². The maximum absolute atomic E-state index is 10.6. The van der Waals surface area contributed by atoms with Gasteiger partial charge in [-0.05, 0) is 0 Å². The zero-order valence-electron chi connectivity index (χ0n) is 8.97. The number of nitrogens with zero attached hydrogens (tertiary/aromatic N) is 3. The minimum atomic E-state index is -0.596. The van der Waals surface area contributed by atoms with Gasteiger partial charge in [0.15, 0.2) is 0 Å². The molecule has 8 heteroatoms. The molecule has 0 unspecified atom stereocenters. The smallest absolute Gasteiger partial charge is 0.349 e. The van der Waals surface area contributed by atoms with Gasteiger partial charge in [-0.15, -0.1) is 0 Å². The van der Waals surface area contributed by atoms with E-state index in [2.05, 4.69) is 15.3 Å². The normalized spacial score (nSPS) is 9.88. The molecule has 0 radical (unpaired) electrons. The Morgan fingerprint density at radius 3 is 2.88 bits per heavy atom. The third kappa shape index (κ3) is 3.02. The predicted molar refractivity (Wildman–Crippen MR) is 55.6 cm³/mol. The van der Waals surface area contributed by atoms with Crippen LogP contribution in [0.25, 0.3) is 0 Å². The quantitative estimate of drug-likeness (QED) is 0.428. The monoisotopic (exact) mass is 228 g/mol. The SMILES string of the molecule is CNc1ncc([N+](=O)[O-])c(OCCOC)n1. The lowest BCUT2D eigenvalue weighted by Crippen LogP contribution is -2.09. The molecule has 16 heavy (non-hydrogen) atoms. The van der Waals surface area contributed by atoms with Crippen molar-refractivity contribution in [3.8, 4) is 5.88 Å². The molecule has 0 bridgehead atoms. The van der Waals surface area contributed by atoms with E-state index >= 15 is 0 Å². The lowest BCUT2D eigenvalue weighted by atomic mass is 10.5. The van der Waals surface area contributed by atoms with Crippen molar-refractivity contribution in [2.45, 2.75) is 0 Å². The minimum absolute atomic E-state index is 0.0681. The first kappa shape index (κ1) is 12.1. The number of ether oxygens (including phenoxy) is 2. The molecule has 0 fully saturated rings. The summed E-state index contributed by atoms with van der Waals surface area (Å²) in [5, 5.41) is 13.3. The van der Waals surface area contributed by atoms with Crippen LogP contribution in [-0.2, 0) is 4.74 Å². The third-order valence-corrected chi connectivity index (χ3v) is 1.68. The van der Waals surface area contributed by atoms with E-state index in [4.69, 9.17) is 9.47 Å². The summed E-state index contributed by atoms with van der Waals surface area (Å²) in [6.45, 7) is 0.521. The van der Waals surface area contributed by atoms with Crippen LogP contribution in [0.1, 0.15) is 0 Å². The standard InChI is InChI=1S/C8H12N4O4/c1-9-8-10-5-6(12(13)14)7(11-8)16-4-3-15-2/h5H,3-4H2,1-2H3,(H,9,10,11). The highest BCUT2D eigenvalue weighted by Crippen LogP contribution is 2.23. The summed E-state index contributed by atoms with van der Waals surface area (Å²) in [7, 11) is 3.12. The molecule has 88 valence electrons. The summed E-state index contributed by atoms with van der Waals surface area (Å²) < 4.78 is 9.89. The summed E-state index contributed by atoms with van der Waals surface area (Å²) in [5.74, 6) is 0.194. The van der Waals surface area contributed by atoms with Gasteiger partial charge in [-0.3, -0.25) is 10.1 Å². The molecule has 8 nitrogen and oxygen atoms in total. The van der Waals surface area contributed by atoms with Gasteiger partial charge in [-0.1, -0.05) is 0 Å². The molecule has 0 aliphatic carbocycles. The van der Waals surface area contributed by atoms with Crippen LogP contribution < -0.4 is 10.1 Å². The van der Waals surface area contributed by atoms with Crippen molar-refractivity contribution in [3.63, 3.8) is 0 Å². The van der Waals surface area contributed by atoms with E-state index in [1.54, 1.807) is 7.05 Å². The lowest BCUT2D eigenvalue weighted by Gasteiger charge is -2.05. The highest BCUT2D eigenvalue weighted by atomic mass is 16.6. The van der Waals surface area contributed by atoms with Gasteiger partial charge in [0, 0.05) is 14.2 Å². The number of hydrogen-bond donors (Lipinski definition) is 1. The molecule has 0 atom stereocenters. The lowest BCUT2D eigenvalue weighted by molar-refractivity contribution is -0.386. The Balaban J connectivity index is 2.87. The molecular formula is C8H12N4O4. The fourth-order valence-electron chi connectivity index (χ4n) is 0.933. The van der Waals surface area contributed by atoms with E-state index < -0.39 is 4.92 Å². The van der Waals surface area contributed by atoms with Gasteiger partial charge in [0.05, 0.1) is 11.5 Å². The van der Waals surface area contributed by atoms with E-state index in [0.717, 1.165) is 6.20 Å².